The highest BCUT2D eigenvalue weighted by Gasteiger charge is 2.37. The van der Waals surface area contributed by atoms with E-state index >= 15 is 0 Å². The largest absolute Gasteiger partial charge is 0.381 e. The first-order chi connectivity index (χ1) is 17.0. The molecule has 0 radical (unpaired) electrons. The first-order valence-electron chi connectivity index (χ1n) is 11.6. The Morgan fingerprint density at radius 1 is 0.914 bits per heavy atom. The summed E-state index contributed by atoms with van der Waals surface area (Å²) in [5.74, 6) is -1.02. The van der Waals surface area contributed by atoms with Crippen molar-refractivity contribution in [3.05, 3.63) is 106 Å². The molecule has 0 unspecified atom stereocenters. The number of amides is 3. The van der Waals surface area contributed by atoms with Crippen LogP contribution in [-0.4, -0.2) is 42.4 Å². The lowest BCUT2D eigenvalue weighted by Gasteiger charge is -2.38. The average Bonchev–Trinajstić information content (AvgIpc) is 3.12. The summed E-state index contributed by atoms with van der Waals surface area (Å²) in [6.07, 6.45) is 1.53. The minimum atomic E-state index is -0.386. The predicted molar refractivity (Wildman–Crippen MR) is 133 cm³/mol. The number of ether oxygens (including phenoxy) is 1. The van der Waals surface area contributed by atoms with Crippen LogP contribution in [0.1, 0.15) is 55.0 Å². The molecule has 178 valence electrons. The normalized spacial score (nSPS) is 16.8. The van der Waals surface area contributed by atoms with E-state index in [1.165, 1.54) is 11.0 Å². The van der Waals surface area contributed by atoms with Gasteiger partial charge in [0.15, 0.2) is 0 Å². The van der Waals surface area contributed by atoms with Crippen molar-refractivity contribution in [3.8, 4) is 0 Å². The fourth-order valence-corrected chi connectivity index (χ4v) is 5.03. The van der Waals surface area contributed by atoms with Gasteiger partial charge in [-0.3, -0.25) is 19.3 Å². The van der Waals surface area contributed by atoms with Gasteiger partial charge in [-0.05, 0) is 54.3 Å². The number of imide groups is 1. The van der Waals surface area contributed by atoms with Gasteiger partial charge in [0.2, 0.25) is 0 Å². The number of rotatable bonds is 6. The van der Waals surface area contributed by atoms with Gasteiger partial charge in [0.25, 0.3) is 17.7 Å². The summed E-state index contributed by atoms with van der Waals surface area (Å²) in [6, 6.07) is 21.8. The highest BCUT2D eigenvalue weighted by molar-refractivity contribution is 6.30. The molecular weight excluding hydrogens is 464 g/mol. The average molecular weight is 489 g/mol. The zero-order valence-electron chi connectivity index (χ0n) is 19.1. The zero-order chi connectivity index (χ0) is 24.4. The Hall–Kier alpha value is -3.48. The molecule has 0 aromatic heterocycles. The second kappa shape index (κ2) is 9.64. The van der Waals surface area contributed by atoms with Gasteiger partial charge < -0.3 is 10.1 Å². The molecular formula is C28H25ClN2O4. The summed E-state index contributed by atoms with van der Waals surface area (Å²) in [5, 5.41) is 3.70. The molecule has 0 saturated carbocycles. The molecule has 35 heavy (non-hydrogen) atoms. The van der Waals surface area contributed by atoms with Gasteiger partial charge in [-0.1, -0.05) is 54.1 Å². The van der Waals surface area contributed by atoms with Gasteiger partial charge >= 0.3 is 0 Å². The van der Waals surface area contributed by atoms with E-state index in [4.69, 9.17) is 16.3 Å². The van der Waals surface area contributed by atoms with Crippen molar-refractivity contribution < 1.29 is 19.1 Å². The minimum absolute atomic E-state index is 0.193. The molecule has 0 aliphatic carbocycles. The molecule has 3 amide bonds. The number of hydrogen-bond donors (Lipinski definition) is 1. The molecule has 1 fully saturated rings. The highest BCUT2D eigenvalue weighted by Crippen LogP contribution is 2.35. The SMILES string of the molecule is O=C(NCC1(c2cccc(Cl)c2)CCOCC1)c1ccc2c(c1)C(=O)N(Cc1ccccc1)C2=O. The van der Waals surface area contributed by atoms with Crippen LogP contribution in [0.4, 0.5) is 0 Å². The van der Waals surface area contributed by atoms with Crippen molar-refractivity contribution in [3.63, 3.8) is 0 Å². The van der Waals surface area contributed by atoms with Crippen molar-refractivity contribution in [2.75, 3.05) is 19.8 Å². The quantitative estimate of drug-likeness (QED) is 0.514. The molecule has 1 saturated heterocycles. The predicted octanol–water partition coefficient (Wildman–Crippen LogP) is 4.61. The minimum Gasteiger partial charge on any atom is -0.381 e. The summed E-state index contributed by atoms with van der Waals surface area (Å²) >= 11 is 6.25. The lowest BCUT2D eigenvalue weighted by Crippen LogP contribution is -2.44. The smallest absolute Gasteiger partial charge is 0.261 e. The van der Waals surface area contributed by atoms with Gasteiger partial charge in [0, 0.05) is 35.8 Å². The van der Waals surface area contributed by atoms with Crippen LogP contribution in [0, 0.1) is 0 Å². The molecule has 2 heterocycles. The van der Waals surface area contributed by atoms with Crippen LogP contribution in [-0.2, 0) is 16.7 Å². The third-order valence-corrected chi connectivity index (χ3v) is 7.13. The van der Waals surface area contributed by atoms with Crippen LogP contribution >= 0.6 is 11.6 Å². The van der Waals surface area contributed by atoms with E-state index in [0.29, 0.717) is 35.9 Å². The summed E-state index contributed by atoms with van der Waals surface area (Å²) in [7, 11) is 0. The molecule has 3 aromatic rings. The van der Waals surface area contributed by atoms with E-state index in [2.05, 4.69) is 5.32 Å². The van der Waals surface area contributed by atoms with E-state index in [0.717, 1.165) is 24.0 Å². The van der Waals surface area contributed by atoms with Crippen molar-refractivity contribution >= 4 is 29.3 Å². The Morgan fingerprint density at radius 2 is 1.66 bits per heavy atom. The lowest BCUT2D eigenvalue weighted by atomic mass is 9.74. The molecule has 2 aliphatic rings. The summed E-state index contributed by atoms with van der Waals surface area (Å²) in [5.41, 5.74) is 2.58. The number of nitrogens with zero attached hydrogens (tertiary/aromatic N) is 1. The van der Waals surface area contributed by atoms with Crippen LogP contribution in [0.3, 0.4) is 0 Å². The number of fused-ring (bicyclic) bond motifs is 1. The molecule has 5 rings (SSSR count). The van der Waals surface area contributed by atoms with Crippen LogP contribution in [0.15, 0.2) is 72.8 Å². The first kappa shape index (κ1) is 23.3. The summed E-state index contributed by atoms with van der Waals surface area (Å²) < 4.78 is 5.57. The molecule has 7 heteroatoms. The maximum absolute atomic E-state index is 13.1. The molecule has 2 aliphatic heterocycles. The van der Waals surface area contributed by atoms with Gasteiger partial charge in [-0.15, -0.1) is 0 Å². The number of hydrogen-bond acceptors (Lipinski definition) is 4. The Balaban J connectivity index is 1.33. The van der Waals surface area contributed by atoms with Crippen molar-refractivity contribution in [1.82, 2.24) is 10.2 Å². The second-order valence-corrected chi connectivity index (χ2v) is 9.46. The van der Waals surface area contributed by atoms with Crippen molar-refractivity contribution in [2.45, 2.75) is 24.8 Å². The molecule has 0 spiro atoms. The molecule has 0 bridgehead atoms. The Morgan fingerprint density at radius 3 is 2.40 bits per heavy atom. The van der Waals surface area contributed by atoms with E-state index in [-0.39, 0.29) is 35.2 Å². The number of carbonyl (C=O) groups is 3. The standard InChI is InChI=1S/C28H25ClN2O4/c29-22-8-4-7-21(16-22)28(11-13-35-14-12-28)18-30-25(32)20-9-10-23-24(15-20)27(34)31(26(23)33)17-19-5-2-1-3-6-19/h1-10,15-16H,11-14,17-18H2,(H,30,32). The van der Waals surface area contributed by atoms with Crippen molar-refractivity contribution in [2.24, 2.45) is 0 Å². The molecule has 0 atom stereocenters. The van der Waals surface area contributed by atoms with Crippen LogP contribution in [0.2, 0.25) is 5.02 Å². The Bertz CT molecular complexity index is 1290. The summed E-state index contributed by atoms with van der Waals surface area (Å²) in [6.45, 7) is 1.82. The van der Waals surface area contributed by atoms with Crippen molar-refractivity contribution in [1.29, 1.82) is 0 Å². The van der Waals surface area contributed by atoms with E-state index in [1.54, 1.807) is 12.1 Å². The van der Waals surface area contributed by atoms with Crippen LogP contribution in [0.5, 0.6) is 0 Å². The summed E-state index contributed by atoms with van der Waals surface area (Å²) in [4.78, 5) is 40.2. The van der Waals surface area contributed by atoms with Crippen LogP contribution in [0.25, 0.3) is 0 Å². The lowest BCUT2D eigenvalue weighted by molar-refractivity contribution is 0.0487. The van der Waals surface area contributed by atoms with Gasteiger partial charge in [-0.2, -0.15) is 0 Å². The fraction of sp³-hybridized carbons (Fsp3) is 0.250. The molecule has 3 aromatic carbocycles. The third-order valence-electron chi connectivity index (χ3n) is 6.89. The topological polar surface area (TPSA) is 75.7 Å². The van der Waals surface area contributed by atoms with E-state index in [9.17, 15) is 14.4 Å². The van der Waals surface area contributed by atoms with Gasteiger partial charge in [0.05, 0.1) is 17.7 Å². The second-order valence-electron chi connectivity index (χ2n) is 9.03. The number of benzene rings is 3. The van der Waals surface area contributed by atoms with E-state index < -0.39 is 0 Å². The van der Waals surface area contributed by atoms with Gasteiger partial charge in [0.1, 0.15) is 0 Å². The Labute approximate surface area is 208 Å². The number of halogens is 1. The van der Waals surface area contributed by atoms with E-state index in [1.807, 2.05) is 54.6 Å². The Kier molecular flexibility index (Phi) is 6.41. The fourth-order valence-electron chi connectivity index (χ4n) is 4.84. The monoisotopic (exact) mass is 488 g/mol. The highest BCUT2D eigenvalue weighted by atomic mass is 35.5. The molecule has 1 N–H and O–H groups in total. The maximum Gasteiger partial charge on any atom is 0.261 e. The molecule has 6 nitrogen and oxygen atoms in total. The number of carbonyl (C=O) groups excluding carboxylic acids is 3. The number of nitrogens with one attached hydrogen (secondary N) is 1. The third kappa shape index (κ3) is 4.59. The van der Waals surface area contributed by atoms with Gasteiger partial charge in [-0.25, -0.2) is 0 Å². The maximum atomic E-state index is 13.1. The zero-order valence-corrected chi connectivity index (χ0v) is 19.9. The van der Waals surface area contributed by atoms with Crippen LogP contribution < -0.4 is 5.32 Å². The first-order valence-corrected chi connectivity index (χ1v) is 12.0.